The minimum atomic E-state index is -0.392. The van der Waals surface area contributed by atoms with Crippen molar-refractivity contribution >= 4 is 0 Å². The number of aliphatic hydroxyl groups excluding tert-OH is 1. The molecule has 3 heteroatoms. The Balaban J connectivity index is 2.14. The normalized spacial score (nSPS) is 22.9. The molecule has 0 aromatic carbocycles. The van der Waals surface area contributed by atoms with E-state index < -0.39 is 5.79 Å². The average Bonchev–Trinajstić information content (AvgIpc) is 2.52. The van der Waals surface area contributed by atoms with Gasteiger partial charge in [0.1, 0.15) is 0 Å². The molecular weight excluding hydrogens is 180 g/mol. The van der Waals surface area contributed by atoms with Gasteiger partial charge in [0.2, 0.25) is 0 Å². The number of hydrogen-bond acceptors (Lipinski definition) is 3. The van der Waals surface area contributed by atoms with Crippen molar-refractivity contribution in [2.45, 2.75) is 51.9 Å². The predicted molar refractivity (Wildman–Crippen MR) is 55.0 cm³/mol. The summed E-state index contributed by atoms with van der Waals surface area (Å²) >= 11 is 0. The third kappa shape index (κ3) is 3.56. The molecule has 0 aliphatic carbocycles. The Morgan fingerprint density at radius 3 is 2.36 bits per heavy atom. The molecule has 84 valence electrons. The lowest BCUT2D eigenvalue weighted by atomic mass is 10.00. The van der Waals surface area contributed by atoms with E-state index in [1.807, 2.05) is 20.8 Å². The maximum absolute atomic E-state index is 9.60. The highest BCUT2D eigenvalue weighted by molar-refractivity contribution is 4.69. The molecule has 1 atom stereocenters. The van der Waals surface area contributed by atoms with E-state index in [1.54, 1.807) is 0 Å². The fourth-order valence-electron chi connectivity index (χ4n) is 1.67. The molecule has 0 bridgehead atoms. The van der Waals surface area contributed by atoms with E-state index in [4.69, 9.17) is 9.47 Å². The number of ether oxygens (including phenoxy) is 2. The minimum Gasteiger partial charge on any atom is -0.393 e. The standard InChI is InChI=1S/C11H22O3/c1-9(2)10(12)5-4-6-11(3)13-7-8-14-11/h9-10,12H,4-8H2,1-3H3. The maximum atomic E-state index is 9.60. The largest absolute Gasteiger partial charge is 0.393 e. The van der Waals surface area contributed by atoms with Gasteiger partial charge >= 0.3 is 0 Å². The van der Waals surface area contributed by atoms with E-state index in [-0.39, 0.29) is 6.10 Å². The van der Waals surface area contributed by atoms with Gasteiger partial charge in [-0.2, -0.15) is 0 Å². The third-order valence-electron chi connectivity index (χ3n) is 2.80. The topological polar surface area (TPSA) is 38.7 Å². The Hall–Kier alpha value is -0.120. The lowest BCUT2D eigenvalue weighted by Gasteiger charge is -2.23. The third-order valence-corrected chi connectivity index (χ3v) is 2.80. The zero-order chi connectivity index (χ0) is 10.6. The highest BCUT2D eigenvalue weighted by Gasteiger charge is 2.30. The fourth-order valence-corrected chi connectivity index (χ4v) is 1.67. The van der Waals surface area contributed by atoms with Gasteiger partial charge in [0.15, 0.2) is 5.79 Å². The predicted octanol–water partition coefficient (Wildman–Crippen LogP) is 1.94. The van der Waals surface area contributed by atoms with Gasteiger partial charge < -0.3 is 14.6 Å². The SMILES string of the molecule is CC(C)C(O)CCCC1(C)OCCO1. The summed E-state index contributed by atoms with van der Waals surface area (Å²) in [6.45, 7) is 7.44. The summed E-state index contributed by atoms with van der Waals surface area (Å²) < 4.78 is 11.0. The zero-order valence-electron chi connectivity index (χ0n) is 9.45. The van der Waals surface area contributed by atoms with Crippen molar-refractivity contribution in [1.29, 1.82) is 0 Å². The summed E-state index contributed by atoms with van der Waals surface area (Å²) in [6, 6.07) is 0. The van der Waals surface area contributed by atoms with Crippen LogP contribution in [0.3, 0.4) is 0 Å². The smallest absolute Gasteiger partial charge is 0.165 e. The van der Waals surface area contributed by atoms with E-state index in [9.17, 15) is 5.11 Å². The molecule has 1 aliphatic heterocycles. The van der Waals surface area contributed by atoms with E-state index in [1.165, 1.54) is 0 Å². The molecule has 1 fully saturated rings. The zero-order valence-corrected chi connectivity index (χ0v) is 9.45. The van der Waals surface area contributed by atoms with Crippen LogP contribution in [0.25, 0.3) is 0 Å². The van der Waals surface area contributed by atoms with Crippen LogP contribution in [-0.2, 0) is 9.47 Å². The second-order valence-electron chi connectivity index (χ2n) is 4.53. The Labute approximate surface area is 86.4 Å². The highest BCUT2D eigenvalue weighted by Crippen LogP contribution is 2.25. The quantitative estimate of drug-likeness (QED) is 0.740. The van der Waals surface area contributed by atoms with Crippen molar-refractivity contribution in [1.82, 2.24) is 0 Å². The van der Waals surface area contributed by atoms with Gasteiger partial charge in [-0.25, -0.2) is 0 Å². The van der Waals surface area contributed by atoms with Gasteiger partial charge in [-0.3, -0.25) is 0 Å². The minimum absolute atomic E-state index is 0.194. The van der Waals surface area contributed by atoms with Crippen LogP contribution in [-0.4, -0.2) is 30.2 Å². The first-order chi connectivity index (χ1) is 6.53. The summed E-state index contributed by atoms with van der Waals surface area (Å²) in [5.74, 6) is -0.0512. The van der Waals surface area contributed by atoms with Crippen molar-refractivity contribution in [2.75, 3.05) is 13.2 Å². The summed E-state index contributed by atoms with van der Waals surface area (Å²) in [5, 5.41) is 9.60. The van der Waals surface area contributed by atoms with E-state index in [2.05, 4.69) is 0 Å². The molecule has 1 rings (SSSR count). The van der Waals surface area contributed by atoms with Gasteiger partial charge in [-0.05, 0) is 25.7 Å². The van der Waals surface area contributed by atoms with Crippen molar-refractivity contribution in [3.05, 3.63) is 0 Å². The maximum Gasteiger partial charge on any atom is 0.165 e. The van der Waals surface area contributed by atoms with Crippen LogP contribution in [0.1, 0.15) is 40.0 Å². The van der Waals surface area contributed by atoms with Crippen LogP contribution in [0.4, 0.5) is 0 Å². The lowest BCUT2D eigenvalue weighted by molar-refractivity contribution is -0.148. The van der Waals surface area contributed by atoms with Crippen molar-refractivity contribution in [3.63, 3.8) is 0 Å². The molecule has 1 N–H and O–H groups in total. The molecule has 0 saturated carbocycles. The lowest BCUT2D eigenvalue weighted by Crippen LogP contribution is -2.26. The fraction of sp³-hybridized carbons (Fsp3) is 1.00. The molecular formula is C11H22O3. The monoisotopic (exact) mass is 202 g/mol. The second kappa shape index (κ2) is 5.10. The van der Waals surface area contributed by atoms with Crippen LogP contribution in [0.5, 0.6) is 0 Å². The van der Waals surface area contributed by atoms with Crippen molar-refractivity contribution < 1.29 is 14.6 Å². The highest BCUT2D eigenvalue weighted by atomic mass is 16.7. The van der Waals surface area contributed by atoms with E-state index in [0.29, 0.717) is 19.1 Å². The number of rotatable bonds is 5. The number of aliphatic hydroxyl groups is 1. The molecule has 0 spiro atoms. The molecule has 0 amide bonds. The average molecular weight is 202 g/mol. The van der Waals surface area contributed by atoms with Crippen LogP contribution in [0.15, 0.2) is 0 Å². The van der Waals surface area contributed by atoms with Gasteiger partial charge in [0.25, 0.3) is 0 Å². The van der Waals surface area contributed by atoms with Crippen LogP contribution in [0.2, 0.25) is 0 Å². The van der Waals surface area contributed by atoms with Crippen LogP contribution >= 0.6 is 0 Å². The molecule has 1 saturated heterocycles. The first-order valence-electron chi connectivity index (χ1n) is 5.49. The second-order valence-corrected chi connectivity index (χ2v) is 4.53. The summed E-state index contributed by atoms with van der Waals surface area (Å²) in [5.41, 5.74) is 0. The van der Waals surface area contributed by atoms with Gasteiger partial charge in [-0.15, -0.1) is 0 Å². The molecule has 0 aromatic heterocycles. The summed E-state index contributed by atoms with van der Waals surface area (Å²) in [7, 11) is 0. The van der Waals surface area contributed by atoms with E-state index in [0.717, 1.165) is 19.3 Å². The Bertz CT molecular complexity index is 162. The Morgan fingerprint density at radius 2 is 1.86 bits per heavy atom. The van der Waals surface area contributed by atoms with Gasteiger partial charge in [0, 0.05) is 6.42 Å². The van der Waals surface area contributed by atoms with Crippen LogP contribution < -0.4 is 0 Å². The Kier molecular flexibility index (Phi) is 4.35. The summed E-state index contributed by atoms with van der Waals surface area (Å²) in [6.07, 6.45) is 2.46. The number of hydrogen-bond donors (Lipinski definition) is 1. The Morgan fingerprint density at radius 1 is 1.29 bits per heavy atom. The van der Waals surface area contributed by atoms with Crippen molar-refractivity contribution in [3.8, 4) is 0 Å². The van der Waals surface area contributed by atoms with Crippen LogP contribution in [0, 0.1) is 5.92 Å². The van der Waals surface area contributed by atoms with E-state index >= 15 is 0 Å². The molecule has 1 heterocycles. The molecule has 0 radical (unpaired) electrons. The van der Waals surface area contributed by atoms with Gasteiger partial charge in [-0.1, -0.05) is 13.8 Å². The first kappa shape index (κ1) is 12.0. The summed E-state index contributed by atoms with van der Waals surface area (Å²) in [4.78, 5) is 0. The molecule has 14 heavy (non-hydrogen) atoms. The molecule has 1 unspecified atom stereocenters. The molecule has 1 aliphatic rings. The molecule has 0 aromatic rings. The molecule has 3 nitrogen and oxygen atoms in total. The van der Waals surface area contributed by atoms with Crippen molar-refractivity contribution in [2.24, 2.45) is 5.92 Å². The van der Waals surface area contributed by atoms with Gasteiger partial charge in [0.05, 0.1) is 19.3 Å². The first-order valence-corrected chi connectivity index (χ1v) is 5.49.